The van der Waals surface area contributed by atoms with Gasteiger partial charge in [0.1, 0.15) is 13.2 Å². The minimum atomic E-state index is -0.452. The Labute approximate surface area is 146 Å². The van der Waals surface area contributed by atoms with Crippen molar-refractivity contribution in [2.75, 3.05) is 65.8 Å². The third-order valence-corrected chi connectivity index (χ3v) is 3.43. The molecular formula is C16H25N3O6. The van der Waals surface area contributed by atoms with E-state index in [0.717, 1.165) is 0 Å². The van der Waals surface area contributed by atoms with Crippen molar-refractivity contribution in [2.45, 2.75) is 0 Å². The molecule has 25 heavy (non-hydrogen) atoms. The average molecular weight is 355 g/mol. The molecule has 2 N–H and O–H groups in total. The molecule has 0 atom stereocenters. The van der Waals surface area contributed by atoms with Gasteiger partial charge in [-0.25, -0.2) is 0 Å². The molecule has 0 bridgehead atoms. The quantitative estimate of drug-likeness (QED) is 0.557. The van der Waals surface area contributed by atoms with Crippen molar-refractivity contribution in [3.05, 3.63) is 28.3 Å². The van der Waals surface area contributed by atoms with Gasteiger partial charge in [0.25, 0.3) is 5.69 Å². The van der Waals surface area contributed by atoms with E-state index in [4.69, 9.17) is 18.9 Å². The summed E-state index contributed by atoms with van der Waals surface area (Å²) in [6.45, 7) is 5.79. The van der Waals surface area contributed by atoms with E-state index in [9.17, 15) is 10.1 Å². The highest BCUT2D eigenvalue weighted by molar-refractivity contribution is 5.48. The number of nitrogens with zero attached hydrogens (tertiary/aromatic N) is 1. The third kappa shape index (κ3) is 7.65. The second kappa shape index (κ2) is 11.6. The van der Waals surface area contributed by atoms with Crippen LogP contribution in [0.5, 0.6) is 11.5 Å². The molecule has 0 radical (unpaired) electrons. The summed E-state index contributed by atoms with van der Waals surface area (Å²) in [5.74, 6) is 0.866. The summed E-state index contributed by atoms with van der Waals surface area (Å²) in [4.78, 5) is 10.5. The zero-order valence-corrected chi connectivity index (χ0v) is 14.2. The van der Waals surface area contributed by atoms with E-state index >= 15 is 0 Å². The molecule has 1 aliphatic rings. The van der Waals surface area contributed by atoms with E-state index < -0.39 is 4.92 Å². The maximum absolute atomic E-state index is 10.9. The van der Waals surface area contributed by atoms with Crippen LogP contribution >= 0.6 is 0 Å². The van der Waals surface area contributed by atoms with Gasteiger partial charge >= 0.3 is 0 Å². The van der Waals surface area contributed by atoms with E-state index in [2.05, 4.69) is 10.6 Å². The van der Waals surface area contributed by atoms with Crippen molar-refractivity contribution in [3.8, 4) is 11.5 Å². The number of rotatable bonds is 1. The Balaban J connectivity index is 1.93. The molecule has 9 heteroatoms. The molecule has 0 unspecified atom stereocenters. The fourth-order valence-corrected chi connectivity index (χ4v) is 2.17. The lowest BCUT2D eigenvalue weighted by Gasteiger charge is -2.14. The van der Waals surface area contributed by atoms with Crippen molar-refractivity contribution in [3.63, 3.8) is 0 Å². The van der Waals surface area contributed by atoms with Crippen LogP contribution in [0.25, 0.3) is 0 Å². The topological polar surface area (TPSA) is 104 Å². The van der Waals surface area contributed by atoms with Crippen molar-refractivity contribution in [2.24, 2.45) is 0 Å². The Morgan fingerprint density at radius 2 is 1.36 bits per heavy atom. The van der Waals surface area contributed by atoms with Crippen LogP contribution in [0.2, 0.25) is 0 Å². The van der Waals surface area contributed by atoms with Gasteiger partial charge in [0.15, 0.2) is 11.5 Å². The van der Waals surface area contributed by atoms with Crippen LogP contribution < -0.4 is 20.1 Å². The SMILES string of the molecule is O=[N+]([O-])c1ccc2c(c1)OCCNCCOCCOCCNCCO2. The van der Waals surface area contributed by atoms with Gasteiger partial charge in [0.05, 0.1) is 37.4 Å². The molecule has 0 amide bonds. The Hall–Kier alpha value is -1.94. The highest BCUT2D eigenvalue weighted by atomic mass is 16.6. The highest BCUT2D eigenvalue weighted by Crippen LogP contribution is 2.31. The number of nitro benzene ring substituents is 1. The molecule has 140 valence electrons. The summed E-state index contributed by atoms with van der Waals surface area (Å²) in [5.41, 5.74) is -0.0267. The first-order valence-corrected chi connectivity index (χ1v) is 8.38. The molecule has 0 fully saturated rings. The Morgan fingerprint density at radius 3 is 1.96 bits per heavy atom. The monoisotopic (exact) mass is 355 g/mol. The fourth-order valence-electron chi connectivity index (χ4n) is 2.17. The van der Waals surface area contributed by atoms with Crippen LogP contribution in [0.15, 0.2) is 18.2 Å². The molecule has 1 aliphatic heterocycles. The molecular weight excluding hydrogens is 330 g/mol. The van der Waals surface area contributed by atoms with Gasteiger partial charge in [-0.05, 0) is 6.07 Å². The normalized spacial score (nSPS) is 18.7. The van der Waals surface area contributed by atoms with Gasteiger partial charge < -0.3 is 29.6 Å². The van der Waals surface area contributed by atoms with Crippen LogP contribution in [0, 0.1) is 10.1 Å². The Bertz CT molecular complexity index is 529. The standard InChI is InChI=1S/C16H25N3O6/c20-19(21)14-1-2-15-16(13-14)25-10-6-18-4-8-23-12-11-22-7-3-17-5-9-24-15/h1-2,13,17-18H,3-12H2. The number of ether oxygens (including phenoxy) is 4. The summed E-state index contributed by atoms with van der Waals surface area (Å²) in [7, 11) is 0. The molecule has 1 aromatic rings. The van der Waals surface area contributed by atoms with Gasteiger partial charge in [-0.15, -0.1) is 0 Å². The van der Waals surface area contributed by atoms with Crippen molar-refractivity contribution >= 4 is 5.69 Å². The third-order valence-electron chi connectivity index (χ3n) is 3.43. The van der Waals surface area contributed by atoms with E-state index in [1.54, 1.807) is 6.07 Å². The zero-order chi connectivity index (χ0) is 17.7. The maximum Gasteiger partial charge on any atom is 0.273 e. The van der Waals surface area contributed by atoms with E-state index in [1.807, 2.05) is 0 Å². The lowest BCUT2D eigenvalue weighted by atomic mass is 10.3. The number of non-ortho nitro benzene ring substituents is 1. The summed E-state index contributed by atoms with van der Waals surface area (Å²) in [6, 6.07) is 4.36. The highest BCUT2D eigenvalue weighted by Gasteiger charge is 2.13. The van der Waals surface area contributed by atoms with Crippen LogP contribution in [0.4, 0.5) is 5.69 Å². The summed E-state index contributed by atoms with van der Waals surface area (Å²) >= 11 is 0. The molecule has 2 rings (SSSR count). The molecule has 0 aliphatic carbocycles. The number of nitro groups is 1. The first-order valence-electron chi connectivity index (χ1n) is 8.38. The largest absolute Gasteiger partial charge is 0.488 e. The Morgan fingerprint density at radius 1 is 0.800 bits per heavy atom. The average Bonchev–Trinajstić information content (AvgIpc) is 2.61. The first-order chi connectivity index (χ1) is 12.3. The van der Waals surface area contributed by atoms with Crippen molar-refractivity contribution < 1.29 is 23.9 Å². The molecule has 9 nitrogen and oxygen atoms in total. The summed E-state index contributed by atoms with van der Waals surface area (Å²) in [6.07, 6.45) is 0. The molecule has 0 spiro atoms. The predicted octanol–water partition coefficient (Wildman–Crippen LogP) is 0.578. The van der Waals surface area contributed by atoms with Crippen LogP contribution in [-0.2, 0) is 9.47 Å². The van der Waals surface area contributed by atoms with Gasteiger partial charge in [-0.1, -0.05) is 0 Å². The lowest BCUT2D eigenvalue weighted by molar-refractivity contribution is -0.385. The number of benzene rings is 1. The molecule has 1 aromatic carbocycles. The Kier molecular flexibility index (Phi) is 8.98. The minimum absolute atomic E-state index is 0.0267. The molecule has 0 saturated carbocycles. The van der Waals surface area contributed by atoms with Crippen molar-refractivity contribution in [1.29, 1.82) is 0 Å². The van der Waals surface area contributed by atoms with E-state index in [1.165, 1.54) is 12.1 Å². The first kappa shape index (κ1) is 19.4. The van der Waals surface area contributed by atoms with Gasteiger partial charge in [-0.2, -0.15) is 0 Å². The molecule has 0 saturated heterocycles. The zero-order valence-electron chi connectivity index (χ0n) is 14.2. The molecule has 0 aromatic heterocycles. The van der Waals surface area contributed by atoms with Gasteiger partial charge in [0, 0.05) is 32.2 Å². The van der Waals surface area contributed by atoms with E-state index in [-0.39, 0.29) is 5.69 Å². The number of fused-ring (bicyclic) bond motifs is 1. The summed E-state index contributed by atoms with van der Waals surface area (Å²) < 4.78 is 22.2. The van der Waals surface area contributed by atoms with Crippen LogP contribution in [-0.4, -0.2) is 70.7 Å². The fraction of sp³-hybridized carbons (Fsp3) is 0.625. The predicted molar refractivity (Wildman–Crippen MR) is 91.5 cm³/mol. The number of hydrogen-bond acceptors (Lipinski definition) is 8. The minimum Gasteiger partial charge on any atom is -0.488 e. The molecule has 1 heterocycles. The second-order valence-electron chi connectivity index (χ2n) is 5.31. The summed E-state index contributed by atoms with van der Waals surface area (Å²) in [5, 5.41) is 17.3. The van der Waals surface area contributed by atoms with E-state index in [0.29, 0.717) is 77.3 Å². The van der Waals surface area contributed by atoms with Crippen LogP contribution in [0.1, 0.15) is 0 Å². The lowest BCUT2D eigenvalue weighted by Crippen LogP contribution is -2.27. The number of nitrogens with one attached hydrogen (secondary N) is 2. The van der Waals surface area contributed by atoms with Gasteiger partial charge in [-0.3, -0.25) is 10.1 Å². The number of hydrogen-bond donors (Lipinski definition) is 2. The second-order valence-corrected chi connectivity index (χ2v) is 5.31. The maximum atomic E-state index is 10.9. The van der Waals surface area contributed by atoms with Crippen LogP contribution in [0.3, 0.4) is 0 Å². The van der Waals surface area contributed by atoms with Gasteiger partial charge in [0.2, 0.25) is 0 Å². The van der Waals surface area contributed by atoms with Crippen molar-refractivity contribution in [1.82, 2.24) is 10.6 Å². The smallest absolute Gasteiger partial charge is 0.273 e.